The summed E-state index contributed by atoms with van der Waals surface area (Å²) < 4.78 is 5.80. The van der Waals surface area contributed by atoms with Gasteiger partial charge in [-0.15, -0.1) is 0 Å². The topological polar surface area (TPSA) is 9.23 Å². The van der Waals surface area contributed by atoms with Crippen molar-refractivity contribution in [1.29, 1.82) is 0 Å². The Balaban J connectivity index is 3.88. The van der Waals surface area contributed by atoms with E-state index in [0.29, 0.717) is 0 Å². The van der Waals surface area contributed by atoms with Crippen LogP contribution < -0.4 is 0 Å². The monoisotopic (exact) mass is 174 g/mol. The van der Waals surface area contributed by atoms with Crippen molar-refractivity contribution in [3.63, 3.8) is 0 Å². The number of hydrogen-bond acceptors (Lipinski definition) is 1. The standard InChI is InChI=1S/C7H18OSi2/c1-6-7(9-2)8-10(3,4)5/h6H,9H2,1-5H3. The number of rotatable bonds is 3. The smallest absolute Gasteiger partial charge is 0.241 e. The highest BCUT2D eigenvalue weighted by molar-refractivity contribution is 6.70. The molecule has 0 saturated carbocycles. The number of allylic oxidation sites excluding steroid dienone is 1. The Morgan fingerprint density at radius 1 is 1.40 bits per heavy atom. The van der Waals surface area contributed by atoms with Gasteiger partial charge in [0.1, 0.15) is 0 Å². The van der Waals surface area contributed by atoms with E-state index in [1.54, 1.807) is 0 Å². The van der Waals surface area contributed by atoms with E-state index in [4.69, 9.17) is 4.43 Å². The van der Waals surface area contributed by atoms with E-state index in [1.807, 2.05) is 0 Å². The fourth-order valence-electron chi connectivity index (χ4n) is 0.729. The van der Waals surface area contributed by atoms with E-state index in [9.17, 15) is 0 Å². The van der Waals surface area contributed by atoms with Crippen LogP contribution in [0.25, 0.3) is 0 Å². The second-order valence-electron chi connectivity index (χ2n) is 3.32. The van der Waals surface area contributed by atoms with Crippen LogP contribution in [0.15, 0.2) is 11.5 Å². The molecule has 60 valence electrons. The Morgan fingerprint density at radius 3 is 2.00 bits per heavy atom. The summed E-state index contributed by atoms with van der Waals surface area (Å²) in [5.41, 5.74) is 0. The van der Waals surface area contributed by atoms with Gasteiger partial charge in [0.05, 0.1) is 9.52 Å². The van der Waals surface area contributed by atoms with Crippen LogP contribution in [0.2, 0.25) is 26.2 Å². The first-order valence-corrected chi connectivity index (χ1v) is 9.36. The molecule has 0 aromatic rings. The number of hydrogen-bond donors (Lipinski definition) is 0. The largest absolute Gasteiger partial charge is 0.552 e. The van der Waals surface area contributed by atoms with Crippen LogP contribution in [0.4, 0.5) is 0 Å². The fraction of sp³-hybridized carbons (Fsp3) is 0.714. The van der Waals surface area contributed by atoms with E-state index >= 15 is 0 Å². The molecule has 0 aliphatic rings. The van der Waals surface area contributed by atoms with Crippen molar-refractivity contribution in [2.24, 2.45) is 0 Å². The zero-order valence-corrected chi connectivity index (χ0v) is 10.1. The highest BCUT2D eigenvalue weighted by Crippen LogP contribution is 2.08. The summed E-state index contributed by atoms with van der Waals surface area (Å²) in [5.74, 6) is 0. The van der Waals surface area contributed by atoms with Gasteiger partial charge < -0.3 is 4.43 Å². The normalized spacial score (nSPS) is 14.7. The maximum atomic E-state index is 5.80. The van der Waals surface area contributed by atoms with Crippen molar-refractivity contribution in [2.45, 2.75) is 33.1 Å². The maximum absolute atomic E-state index is 5.80. The van der Waals surface area contributed by atoms with Crippen molar-refractivity contribution >= 4 is 17.8 Å². The summed E-state index contributed by atoms with van der Waals surface area (Å²) in [5, 5.41) is 1.28. The zero-order valence-electron chi connectivity index (χ0n) is 7.69. The molecule has 0 rings (SSSR count). The van der Waals surface area contributed by atoms with Gasteiger partial charge in [0, 0.05) is 5.38 Å². The average molecular weight is 174 g/mol. The van der Waals surface area contributed by atoms with Gasteiger partial charge in [-0.25, -0.2) is 0 Å². The molecule has 0 bridgehead atoms. The molecule has 0 atom stereocenters. The predicted molar refractivity (Wildman–Crippen MR) is 52.6 cm³/mol. The summed E-state index contributed by atoms with van der Waals surface area (Å²) in [6.45, 7) is 11.0. The van der Waals surface area contributed by atoms with E-state index in [0.717, 1.165) is 0 Å². The van der Waals surface area contributed by atoms with Crippen molar-refractivity contribution in [3.8, 4) is 0 Å². The molecule has 0 heterocycles. The molecule has 1 nitrogen and oxygen atoms in total. The summed E-state index contributed by atoms with van der Waals surface area (Å²) >= 11 is 0. The van der Waals surface area contributed by atoms with Crippen LogP contribution in [-0.4, -0.2) is 17.8 Å². The van der Waals surface area contributed by atoms with Gasteiger partial charge in [-0.3, -0.25) is 0 Å². The molecular weight excluding hydrogens is 156 g/mol. The van der Waals surface area contributed by atoms with E-state index in [1.165, 1.54) is 5.38 Å². The van der Waals surface area contributed by atoms with Crippen LogP contribution in [-0.2, 0) is 4.43 Å². The predicted octanol–water partition coefficient (Wildman–Crippen LogP) is 1.92. The SMILES string of the molecule is CC=C(O[Si](C)(C)C)[SiH2]C. The lowest BCUT2D eigenvalue weighted by molar-refractivity contribution is 0.457. The lowest BCUT2D eigenvalue weighted by Crippen LogP contribution is -2.25. The first-order chi connectivity index (χ1) is 4.49. The molecule has 0 N–H and O–H groups in total. The molecule has 0 aliphatic heterocycles. The van der Waals surface area contributed by atoms with Gasteiger partial charge in [-0.05, 0) is 26.6 Å². The van der Waals surface area contributed by atoms with Crippen LogP contribution in [0.1, 0.15) is 6.92 Å². The Labute approximate surface area is 67.4 Å². The van der Waals surface area contributed by atoms with Crippen molar-refractivity contribution in [3.05, 3.63) is 11.5 Å². The fourth-order valence-corrected chi connectivity index (χ4v) is 3.92. The van der Waals surface area contributed by atoms with Gasteiger partial charge in [-0.1, -0.05) is 12.6 Å². The van der Waals surface area contributed by atoms with Crippen LogP contribution in [0, 0.1) is 0 Å². The maximum Gasteiger partial charge on any atom is 0.241 e. The van der Waals surface area contributed by atoms with E-state index < -0.39 is 8.32 Å². The van der Waals surface area contributed by atoms with Gasteiger partial charge >= 0.3 is 0 Å². The van der Waals surface area contributed by atoms with Crippen molar-refractivity contribution in [2.75, 3.05) is 0 Å². The molecule has 0 amide bonds. The zero-order chi connectivity index (χ0) is 8.20. The van der Waals surface area contributed by atoms with E-state index in [2.05, 4.69) is 39.2 Å². The Kier molecular flexibility index (Phi) is 3.97. The third-order valence-corrected chi connectivity index (χ3v) is 3.52. The molecule has 0 unspecified atom stereocenters. The summed E-state index contributed by atoms with van der Waals surface area (Å²) in [7, 11) is -1.37. The molecule has 0 spiro atoms. The second kappa shape index (κ2) is 3.98. The Bertz CT molecular complexity index is 124. The first kappa shape index (κ1) is 9.97. The van der Waals surface area contributed by atoms with Gasteiger partial charge in [0.15, 0.2) is 0 Å². The molecule has 0 aromatic carbocycles. The molecule has 0 radical (unpaired) electrons. The Morgan fingerprint density at radius 2 is 1.90 bits per heavy atom. The molecule has 0 saturated heterocycles. The molecule has 10 heavy (non-hydrogen) atoms. The highest BCUT2D eigenvalue weighted by Gasteiger charge is 2.15. The van der Waals surface area contributed by atoms with Crippen LogP contribution >= 0.6 is 0 Å². The van der Waals surface area contributed by atoms with Crippen molar-refractivity contribution < 1.29 is 4.43 Å². The Hall–Kier alpha value is -0.0262. The summed E-state index contributed by atoms with van der Waals surface area (Å²) in [4.78, 5) is 0. The minimum absolute atomic E-state index is 0.0782. The van der Waals surface area contributed by atoms with E-state index in [-0.39, 0.29) is 9.52 Å². The van der Waals surface area contributed by atoms with Crippen LogP contribution in [0.5, 0.6) is 0 Å². The third kappa shape index (κ3) is 4.82. The molecule has 3 heteroatoms. The van der Waals surface area contributed by atoms with Crippen molar-refractivity contribution in [1.82, 2.24) is 0 Å². The highest BCUT2D eigenvalue weighted by atomic mass is 28.4. The van der Waals surface area contributed by atoms with Crippen LogP contribution in [0.3, 0.4) is 0 Å². The molecule has 0 aliphatic carbocycles. The third-order valence-electron chi connectivity index (χ3n) is 1.11. The minimum Gasteiger partial charge on any atom is -0.552 e. The second-order valence-corrected chi connectivity index (χ2v) is 9.16. The first-order valence-electron chi connectivity index (χ1n) is 3.83. The lowest BCUT2D eigenvalue weighted by atomic mass is 10.7. The lowest BCUT2D eigenvalue weighted by Gasteiger charge is -2.20. The molecule has 0 aromatic heterocycles. The van der Waals surface area contributed by atoms with Gasteiger partial charge in [0.2, 0.25) is 8.32 Å². The quantitative estimate of drug-likeness (QED) is 0.469. The summed E-state index contributed by atoms with van der Waals surface area (Å²) in [6.07, 6.45) is 2.12. The minimum atomic E-state index is -1.30. The summed E-state index contributed by atoms with van der Waals surface area (Å²) in [6, 6.07) is 0. The van der Waals surface area contributed by atoms with Gasteiger partial charge in [-0.2, -0.15) is 0 Å². The van der Waals surface area contributed by atoms with Gasteiger partial charge in [0.25, 0.3) is 0 Å². The molecular formula is C7H18OSi2. The molecule has 0 fully saturated rings. The average Bonchev–Trinajstić information content (AvgIpc) is 1.81.